The standard InChI is InChI=1S/C30H32N4O3/c1-32(2)24-14-12-22(13-15-24)27(34-18-16-33(17-19-34)25-9-4-3-5-10-25)21-31-29(35)26-20-23-8-6-7-11-28(23)37-30(26)36/h3-15,20,27H,16-19,21H2,1-2H3,(H,31,35)/t27-/m0/s1. The van der Waals surface area contributed by atoms with Gasteiger partial charge in [-0.05, 0) is 42.0 Å². The molecule has 7 nitrogen and oxygen atoms in total. The minimum atomic E-state index is -0.625. The van der Waals surface area contributed by atoms with E-state index in [4.69, 9.17) is 4.42 Å². The fraction of sp³-hybridized carbons (Fsp3) is 0.267. The number of hydrogen-bond donors (Lipinski definition) is 1. The largest absolute Gasteiger partial charge is 0.422 e. The molecule has 0 spiro atoms. The fourth-order valence-electron chi connectivity index (χ4n) is 4.89. The third-order valence-corrected chi connectivity index (χ3v) is 7.01. The monoisotopic (exact) mass is 496 g/mol. The van der Waals surface area contributed by atoms with Crippen LogP contribution in [0.25, 0.3) is 11.0 Å². The molecule has 1 N–H and O–H groups in total. The molecule has 4 aromatic rings. The van der Waals surface area contributed by atoms with E-state index in [0.717, 1.165) is 42.8 Å². The number of carbonyl (C=O) groups excluding carboxylic acids is 1. The summed E-state index contributed by atoms with van der Waals surface area (Å²) in [5.41, 5.74) is 3.34. The molecule has 1 aliphatic heterocycles. The number of para-hydroxylation sites is 2. The molecule has 5 rings (SSSR count). The average Bonchev–Trinajstić information content (AvgIpc) is 2.93. The van der Waals surface area contributed by atoms with Crippen LogP contribution in [0.1, 0.15) is 22.0 Å². The highest BCUT2D eigenvalue weighted by atomic mass is 16.4. The SMILES string of the molecule is CN(C)c1ccc([C@H](CNC(=O)c2cc3ccccc3oc2=O)N2CCN(c3ccccc3)CC2)cc1. The van der Waals surface area contributed by atoms with Crippen LogP contribution in [-0.4, -0.2) is 57.6 Å². The second-order valence-corrected chi connectivity index (χ2v) is 9.56. The molecule has 1 amide bonds. The number of amides is 1. The number of fused-ring (bicyclic) bond motifs is 1. The van der Waals surface area contributed by atoms with Crippen LogP contribution in [0.3, 0.4) is 0 Å². The molecule has 1 aliphatic rings. The zero-order chi connectivity index (χ0) is 25.8. The van der Waals surface area contributed by atoms with Crippen LogP contribution in [0.5, 0.6) is 0 Å². The molecule has 1 fully saturated rings. The Balaban J connectivity index is 1.34. The van der Waals surface area contributed by atoms with Crippen molar-refractivity contribution >= 4 is 28.3 Å². The lowest BCUT2D eigenvalue weighted by molar-refractivity contribution is 0.0926. The maximum Gasteiger partial charge on any atom is 0.349 e. The number of carbonyl (C=O) groups is 1. The number of piperazine rings is 1. The maximum absolute atomic E-state index is 13.1. The third-order valence-electron chi connectivity index (χ3n) is 7.01. The second-order valence-electron chi connectivity index (χ2n) is 9.56. The first-order valence-electron chi connectivity index (χ1n) is 12.6. The predicted molar refractivity (Wildman–Crippen MR) is 149 cm³/mol. The van der Waals surface area contributed by atoms with Gasteiger partial charge in [-0.15, -0.1) is 0 Å². The highest BCUT2D eigenvalue weighted by Gasteiger charge is 2.26. The van der Waals surface area contributed by atoms with E-state index in [0.29, 0.717) is 12.1 Å². The summed E-state index contributed by atoms with van der Waals surface area (Å²) in [6.07, 6.45) is 0. The highest BCUT2D eigenvalue weighted by Crippen LogP contribution is 2.26. The third kappa shape index (κ3) is 5.52. The van der Waals surface area contributed by atoms with Crippen molar-refractivity contribution in [1.82, 2.24) is 10.2 Å². The van der Waals surface area contributed by atoms with E-state index in [9.17, 15) is 9.59 Å². The van der Waals surface area contributed by atoms with E-state index >= 15 is 0 Å². The van der Waals surface area contributed by atoms with Crippen molar-refractivity contribution in [3.63, 3.8) is 0 Å². The first-order valence-corrected chi connectivity index (χ1v) is 12.6. The first-order chi connectivity index (χ1) is 18.0. The first kappa shape index (κ1) is 24.6. The highest BCUT2D eigenvalue weighted by molar-refractivity contribution is 5.96. The normalized spacial score (nSPS) is 14.9. The lowest BCUT2D eigenvalue weighted by Crippen LogP contribution is -2.50. The van der Waals surface area contributed by atoms with Crippen LogP contribution in [0.15, 0.2) is 94.1 Å². The zero-order valence-electron chi connectivity index (χ0n) is 21.3. The van der Waals surface area contributed by atoms with Gasteiger partial charge in [-0.25, -0.2) is 4.79 Å². The van der Waals surface area contributed by atoms with E-state index in [1.165, 1.54) is 5.69 Å². The Kier molecular flexibility index (Phi) is 7.23. The molecule has 1 aromatic heterocycles. The van der Waals surface area contributed by atoms with Crippen LogP contribution in [-0.2, 0) is 0 Å². The number of nitrogens with zero attached hydrogens (tertiary/aromatic N) is 3. The molecule has 1 saturated heterocycles. The van der Waals surface area contributed by atoms with Crippen molar-refractivity contribution in [3.8, 4) is 0 Å². The van der Waals surface area contributed by atoms with Crippen LogP contribution < -0.4 is 20.7 Å². The Morgan fingerprint density at radius 1 is 0.919 bits per heavy atom. The molecule has 190 valence electrons. The lowest BCUT2D eigenvalue weighted by atomic mass is 10.0. The van der Waals surface area contributed by atoms with E-state index in [1.54, 1.807) is 18.2 Å². The van der Waals surface area contributed by atoms with Crippen molar-refractivity contribution in [3.05, 3.63) is 106 Å². The smallest absolute Gasteiger partial charge is 0.349 e. The van der Waals surface area contributed by atoms with Gasteiger partial charge in [0, 0.05) is 63.6 Å². The Labute approximate surface area is 216 Å². The van der Waals surface area contributed by atoms with Crippen molar-refractivity contribution in [1.29, 1.82) is 0 Å². The average molecular weight is 497 g/mol. The van der Waals surface area contributed by atoms with Gasteiger partial charge in [0.1, 0.15) is 11.1 Å². The number of nitrogens with one attached hydrogen (secondary N) is 1. The number of benzene rings is 3. The fourth-order valence-corrected chi connectivity index (χ4v) is 4.89. The summed E-state index contributed by atoms with van der Waals surface area (Å²) in [4.78, 5) is 32.5. The van der Waals surface area contributed by atoms with E-state index < -0.39 is 11.5 Å². The van der Waals surface area contributed by atoms with E-state index in [-0.39, 0.29) is 11.6 Å². The molecule has 0 saturated carbocycles. The predicted octanol–water partition coefficient (Wildman–Crippen LogP) is 4.15. The van der Waals surface area contributed by atoms with Crippen molar-refractivity contribution < 1.29 is 9.21 Å². The van der Waals surface area contributed by atoms with Gasteiger partial charge in [0.15, 0.2) is 0 Å². The molecule has 3 aromatic carbocycles. The van der Waals surface area contributed by atoms with Gasteiger partial charge in [-0.2, -0.15) is 0 Å². The summed E-state index contributed by atoms with van der Waals surface area (Å²) in [7, 11) is 4.04. The summed E-state index contributed by atoms with van der Waals surface area (Å²) < 4.78 is 5.37. The van der Waals surface area contributed by atoms with Gasteiger partial charge in [0.05, 0.1) is 6.04 Å². The van der Waals surface area contributed by atoms with Crippen LogP contribution in [0, 0.1) is 0 Å². The van der Waals surface area contributed by atoms with Crippen LogP contribution >= 0.6 is 0 Å². The van der Waals surface area contributed by atoms with Gasteiger partial charge in [0.2, 0.25) is 0 Å². The molecule has 7 heteroatoms. The van der Waals surface area contributed by atoms with Gasteiger partial charge in [-0.3, -0.25) is 9.69 Å². The van der Waals surface area contributed by atoms with Crippen LogP contribution in [0.4, 0.5) is 11.4 Å². The zero-order valence-corrected chi connectivity index (χ0v) is 21.3. The molecule has 2 heterocycles. The second kappa shape index (κ2) is 10.9. The number of rotatable bonds is 7. The minimum absolute atomic E-state index is 0.0225. The van der Waals surface area contributed by atoms with E-state index in [1.807, 2.05) is 32.3 Å². The summed E-state index contributed by atoms with van der Waals surface area (Å²) in [6, 6.07) is 27.7. The molecule has 0 unspecified atom stereocenters. The summed E-state index contributed by atoms with van der Waals surface area (Å²) in [5, 5.41) is 3.74. The summed E-state index contributed by atoms with van der Waals surface area (Å²) >= 11 is 0. The Morgan fingerprint density at radius 2 is 1.59 bits per heavy atom. The van der Waals surface area contributed by atoms with Gasteiger partial charge < -0.3 is 19.5 Å². The molecular formula is C30H32N4O3. The number of anilines is 2. The van der Waals surface area contributed by atoms with Crippen molar-refractivity contribution in [2.24, 2.45) is 0 Å². The van der Waals surface area contributed by atoms with Gasteiger partial charge >= 0.3 is 5.63 Å². The molecule has 1 atom stereocenters. The van der Waals surface area contributed by atoms with Crippen molar-refractivity contribution in [2.75, 3.05) is 56.6 Å². The molecule has 0 aliphatic carbocycles. The van der Waals surface area contributed by atoms with Gasteiger partial charge in [-0.1, -0.05) is 48.5 Å². The van der Waals surface area contributed by atoms with Crippen LogP contribution in [0.2, 0.25) is 0 Å². The quantitative estimate of drug-likeness (QED) is 0.388. The molecule has 37 heavy (non-hydrogen) atoms. The lowest BCUT2D eigenvalue weighted by Gasteiger charge is -2.40. The minimum Gasteiger partial charge on any atom is -0.422 e. The summed E-state index contributed by atoms with van der Waals surface area (Å²) in [6.45, 7) is 3.92. The molecular weight excluding hydrogens is 464 g/mol. The molecule has 0 bridgehead atoms. The Hall–Kier alpha value is -4.10. The van der Waals surface area contributed by atoms with E-state index in [2.05, 4.69) is 68.5 Å². The Morgan fingerprint density at radius 3 is 2.30 bits per heavy atom. The summed E-state index contributed by atoms with van der Waals surface area (Å²) in [5.74, 6) is -0.419. The number of hydrogen-bond acceptors (Lipinski definition) is 6. The van der Waals surface area contributed by atoms with Gasteiger partial charge in [0.25, 0.3) is 5.91 Å². The maximum atomic E-state index is 13.1. The topological polar surface area (TPSA) is 69.0 Å². The van der Waals surface area contributed by atoms with Crippen molar-refractivity contribution in [2.45, 2.75) is 6.04 Å². The molecule has 0 radical (unpaired) electrons. The Bertz CT molecular complexity index is 1410.